The van der Waals surface area contributed by atoms with Crippen molar-refractivity contribution in [3.8, 4) is 0 Å². The third kappa shape index (κ3) is 9.05. The summed E-state index contributed by atoms with van der Waals surface area (Å²) in [5.41, 5.74) is 3.34. The van der Waals surface area contributed by atoms with E-state index in [1.165, 1.54) is 0 Å². The van der Waals surface area contributed by atoms with E-state index in [0.29, 0.717) is 16.6 Å². The molecule has 4 N–H and O–H groups in total. The zero-order chi connectivity index (χ0) is 12.6. The van der Waals surface area contributed by atoms with Crippen molar-refractivity contribution in [3.63, 3.8) is 0 Å². The van der Waals surface area contributed by atoms with Gasteiger partial charge in [-0.3, -0.25) is 5.84 Å². The van der Waals surface area contributed by atoms with Crippen molar-refractivity contribution in [1.29, 1.82) is 0 Å². The standard InChI is InChI=1S/C7H15N7S2.Zn/c1-4(11-13-6(15)9-3)5(2)12-14-7(16)10-8;/h8H2,1-3H3,(H2,9,13,15)(H2,10,14,16);/q;+2/p-2/b11-4+,12-5+;. The van der Waals surface area contributed by atoms with Gasteiger partial charge in [-0.15, -0.1) is 0 Å². The normalized spacial score (nSPS) is 14.1. The van der Waals surface area contributed by atoms with Crippen molar-refractivity contribution in [1.82, 2.24) is 10.7 Å². The number of nitrogens with one attached hydrogen (secondary N) is 2. The van der Waals surface area contributed by atoms with Gasteiger partial charge in [-0.05, 0) is 19.0 Å². The molecule has 0 saturated heterocycles. The number of nitrogens with zero attached hydrogens (tertiary/aromatic N) is 4. The van der Waals surface area contributed by atoms with E-state index in [9.17, 15) is 0 Å². The van der Waals surface area contributed by atoms with Crippen molar-refractivity contribution in [2.75, 3.05) is 7.05 Å². The Morgan fingerprint density at radius 2 is 1.35 bits per heavy atom. The van der Waals surface area contributed by atoms with E-state index in [4.69, 9.17) is 18.5 Å². The number of rotatable bonds is 3. The summed E-state index contributed by atoms with van der Waals surface area (Å²) in [5, 5.41) is 18.1. The summed E-state index contributed by atoms with van der Waals surface area (Å²) in [5.74, 6) is 5.02. The first-order valence-electron chi connectivity index (χ1n) is 4.24. The van der Waals surface area contributed by atoms with Gasteiger partial charge in [0.1, 0.15) is 0 Å². The Morgan fingerprint density at radius 3 is 1.71 bits per heavy atom. The summed E-state index contributed by atoms with van der Waals surface area (Å²) in [4.78, 5) is 0. The van der Waals surface area contributed by atoms with Crippen molar-refractivity contribution in [3.05, 3.63) is 0 Å². The fourth-order valence-electron chi connectivity index (χ4n) is 0.464. The first kappa shape index (κ1) is 18.7. The van der Waals surface area contributed by atoms with E-state index >= 15 is 0 Å². The number of amidine groups is 2. The van der Waals surface area contributed by atoms with Crippen LogP contribution in [0.3, 0.4) is 0 Å². The molecule has 0 unspecified atom stereocenters. The summed E-state index contributed by atoms with van der Waals surface area (Å²) in [7, 11) is 1.66. The number of nitrogens with two attached hydrogens (primary N) is 1. The minimum Gasteiger partial charge on any atom is -0.741 e. The smallest absolute Gasteiger partial charge is 0.741 e. The molecule has 0 aromatic heterocycles. The maximum absolute atomic E-state index is 5.02. The van der Waals surface area contributed by atoms with Gasteiger partial charge in [0.05, 0.1) is 11.4 Å². The molecule has 0 aromatic rings. The van der Waals surface area contributed by atoms with Crippen molar-refractivity contribution < 1.29 is 19.5 Å². The molecular weight excluding hydrogens is 312 g/mol. The van der Waals surface area contributed by atoms with Gasteiger partial charge in [-0.2, -0.15) is 20.4 Å². The molecule has 0 rings (SSSR count). The van der Waals surface area contributed by atoms with Crippen molar-refractivity contribution in [2.45, 2.75) is 13.8 Å². The fourth-order valence-corrected chi connectivity index (χ4v) is 0.546. The molecule has 7 nitrogen and oxygen atoms in total. The molecule has 17 heavy (non-hydrogen) atoms. The molecule has 0 spiro atoms. The molecule has 0 radical (unpaired) electrons. The third-order valence-electron chi connectivity index (χ3n) is 1.44. The van der Waals surface area contributed by atoms with Crippen molar-refractivity contribution >= 4 is 47.0 Å². The van der Waals surface area contributed by atoms with Gasteiger partial charge >= 0.3 is 19.5 Å². The molecule has 0 bridgehead atoms. The Hall–Kier alpha value is -0.697. The number of hydrazine groups is 1. The quantitative estimate of drug-likeness (QED) is 0.158. The van der Waals surface area contributed by atoms with Gasteiger partial charge in [-0.25, -0.2) is 0 Å². The van der Waals surface area contributed by atoms with E-state index < -0.39 is 0 Å². The van der Waals surface area contributed by atoms with Crippen molar-refractivity contribution in [2.24, 2.45) is 26.2 Å². The molecular formula is C7H13N7S2Zn. The molecule has 0 atom stereocenters. The van der Waals surface area contributed by atoms with Crippen LogP contribution in [-0.2, 0) is 44.7 Å². The Labute approximate surface area is 124 Å². The monoisotopic (exact) mass is 323 g/mol. The second-order valence-corrected chi connectivity index (χ2v) is 3.35. The first-order valence-corrected chi connectivity index (χ1v) is 5.06. The Bertz CT molecular complexity index is 316. The van der Waals surface area contributed by atoms with E-state index in [-0.39, 0.29) is 24.6 Å². The number of hydrogen-bond acceptors (Lipinski definition) is 7. The first-order chi connectivity index (χ1) is 7.51. The summed E-state index contributed by atoms with van der Waals surface area (Å²) in [6.45, 7) is 3.45. The predicted molar refractivity (Wildman–Crippen MR) is 72.2 cm³/mol. The minimum absolute atomic E-state index is 0. The molecule has 0 saturated carbocycles. The predicted octanol–water partition coefficient (Wildman–Crippen LogP) is -0.776. The van der Waals surface area contributed by atoms with Crippen LogP contribution in [0.5, 0.6) is 0 Å². The van der Waals surface area contributed by atoms with Gasteiger partial charge in [0.25, 0.3) is 0 Å². The van der Waals surface area contributed by atoms with E-state index in [0.717, 1.165) is 0 Å². The average Bonchev–Trinajstić information content (AvgIpc) is 2.31. The zero-order valence-electron chi connectivity index (χ0n) is 9.89. The molecule has 0 aliphatic rings. The van der Waals surface area contributed by atoms with Crippen LogP contribution in [0, 0.1) is 0 Å². The number of hydrogen-bond donors (Lipinski definition) is 3. The maximum atomic E-state index is 5.02. The SMILES string of the molecule is CN/C([S-])=N/N=C(C)/C(C)=N/N=C(\[S-])NN.[Zn+2]. The molecule has 10 heteroatoms. The van der Waals surface area contributed by atoms with Crippen LogP contribution in [0.15, 0.2) is 20.4 Å². The summed E-state index contributed by atoms with van der Waals surface area (Å²) >= 11 is 9.47. The van der Waals surface area contributed by atoms with Crippen LogP contribution in [0.25, 0.3) is 0 Å². The van der Waals surface area contributed by atoms with Crippen LogP contribution in [-0.4, -0.2) is 28.8 Å². The second-order valence-electron chi connectivity index (χ2n) is 2.58. The summed E-state index contributed by atoms with van der Waals surface area (Å²) in [6, 6.07) is 0. The molecule has 0 fully saturated rings. The van der Waals surface area contributed by atoms with Crippen LogP contribution < -0.4 is 16.6 Å². The Kier molecular flexibility index (Phi) is 11.5. The van der Waals surface area contributed by atoms with Crippen LogP contribution in [0.2, 0.25) is 0 Å². The van der Waals surface area contributed by atoms with Gasteiger partial charge < -0.3 is 36.0 Å². The molecule has 0 aliphatic heterocycles. The molecule has 0 aromatic carbocycles. The molecule has 90 valence electrons. The van der Waals surface area contributed by atoms with Crippen LogP contribution in [0.4, 0.5) is 0 Å². The van der Waals surface area contributed by atoms with E-state index in [1.54, 1.807) is 20.9 Å². The van der Waals surface area contributed by atoms with Gasteiger partial charge in [0, 0.05) is 12.2 Å². The average molecular weight is 325 g/mol. The molecule has 0 heterocycles. The largest absolute Gasteiger partial charge is 2.00 e. The zero-order valence-corrected chi connectivity index (χ0v) is 14.5. The topological polar surface area (TPSA) is 99.5 Å². The van der Waals surface area contributed by atoms with Gasteiger partial charge in [0.2, 0.25) is 0 Å². The second kappa shape index (κ2) is 10.5. The van der Waals surface area contributed by atoms with Crippen LogP contribution in [0.1, 0.15) is 13.8 Å². The minimum atomic E-state index is 0. The van der Waals surface area contributed by atoms with Crippen LogP contribution >= 0.6 is 0 Å². The Morgan fingerprint density at radius 1 is 0.941 bits per heavy atom. The summed E-state index contributed by atoms with van der Waals surface area (Å²) < 4.78 is 0. The Balaban J connectivity index is 0. The van der Waals surface area contributed by atoms with Gasteiger partial charge in [-0.1, -0.05) is 0 Å². The molecule has 0 aliphatic carbocycles. The molecule has 0 amide bonds. The van der Waals surface area contributed by atoms with E-state index in [2.05, 4.69) is 43.8 Å². The fraction of sp³-hybridized carbons (Fsp3) is 0.429. The maximum Gasteiger partial charge on any atom is 2.00 e. The third-order valence-corrected chi connectivity index (χ3v) is 1.93. The van der Waals surface area contributed by atoms with Gasteiger partial charge in [0.15, 0.2) is 0 Å². The van der Waals surface area contributed by atoms with E-state index in [1.807, 2.05) is 0 Å². The summed E-state index contributed by atoms with van der Waals surface area (Å²) in [6.07, 6.45) is 0.